The largest absolute Gasteiger partial charge is 0.478 e. The van der Waals surface area contributed by atoms with E-state index in [1.165, 1.54) is 16.5 Å². The van der Waals surface area contributed by atoms with E-state index in [0.29, 0.717) is 23.5 Å². The van der Waals surface area contributed by atoms with Crippen molar-refractivity contribution in [2.45, 2.75) is 39.0 Å². The van der Waals surface area contributed by atoms with Gasteiger partial charge in [0.25, 0.3) is 5.56 Å². The second kappa shape index (κ2) is 11.8. The van der Waals surface area contributed by atoms with Crippen LogP contribution in [0.3, 0.4) is 0 Å². The van der Waals surface area contributed by atoms with Gasteiger partial charge in [-0.1, -0.05) is 12.1 Å². The molecule has 1 fully saturated rings. The Balaban J connectivity index is 1.53. The van der Waals surface area contributed by atoms with Gasteiger partial charge in [-0.2, -0.15) is 23.7 Å². The predicted molar refractivity (Wildman–Crippen MR) is 162 cm³/mol. The molecule has 2 N–H and O–H groups in total. The summed E-state index contributed by atoms with van der Waals surface area (Å²) in [6, 6.07) is 14.4. The normalized spacial score (nSPS) is 15.8. The number of pyridine rings is 1. The number of nitriles is 2. The number of nitrogens with zero attached hydrogens (tertiary/aromatic N) is 6. The molecule has 4 aromatic rings. The van der Waals surface area contributed by atoms with E-state index in [4.69, 9.17) is 4.98 Å². The number of halogens is 3. The van der Waals surface area contributed by atoms with Crippen LogP contribution in [0, 0.1) is 29.6 Å². The number of carboxylic acids is 1. The summed E-state index contributed by atoms with van der Waals surface area (Å²) in [4.78, 5) is 33.9. The summed E-state index contributed by atoms with van der Waals surface area (Å²) in [5, 5.41) is 32.5. The minimum absolute atomic E-state index is 0.0817. The fourth-order valence-electron chi connectivity index (χ4n) is 5.70. The lowest BCUT2D eigenvalue weighted by molar-refractivity contribution is -0.137. The predicted octanol–water partition coefficient (Wildman–Crippen LogP) is 5.35. The number of aromatic carboxylic acids is 1. The Morgan fingerprint density at radius 1 is 1.13 bits per heavy atom. The number of aryl methyl sites for hydroxylation is 1. The summed E-state index contributed by atoms with van der Waals surface area (Å²) >= 11 is 0. The lowest BCUT2D eigenvalue weighted by atomic mass is 10.0. The average molecular weight is 616 g/mol. The number of carbonyl (C=O) groups is 1. The second-order valence-electron chi connectivity index (χ2n) is 10.9. The van der Waals surface area contributed by atoms with Crippen LogP contribution in [0.4, 0.5) is 30.4 Å². The van der Waals surface area contributed by atoms with E-state index < -0.39 is 29.3 Å². The maximum atomic E-state index is 13.7. The maximum Gasteiger partial charge on any atom is 0.416 e. The van der Waals surface area contributed by atoms with Crippen molar-refractivity contribution in [3.8, 4) is 12.1 Å². The summed E-state index contributed by atoms with van der Waals surface area (Å²) in [5.74, 6) is -0.924. The summed E-state index contributed by atoms with van der Waals surface area (Å²) in [5.41, 5.74) is 0.721. The molecule has 230 valence electrons. The van der Waals surface area contributed by atoms with Crippen molar-refractivity contribution in [3.05, 3.63) is 98.5 Å². The Morgan fingerprint density at radius 2 is 1.87 bits per heavy atom. The Morgan fingerprint density at radius 3 is 2.51 bits per heavy atom. The summed E-state index contributed by atoms with van der Waals surface area (Å²) in [6.45, 7) is 6.31. The lowest BCUT2D eigenvalue weighted by Gasteiger charge is -2.42. The van der Waals surface area contributed by atoms with E-state index in [-0.39, 0.29) is 47.3 Å². The van der Waals surface area contributed by atoms with E-state index in [0.717, 1.165) is 17.7 Å². The monoisotopic (exact) mass is 615 g/mol. The van der Waals surface area contributed by atoms with Crippen molar-refractivity contribution in [1.29, 1.82) is 10.5 Å². The molecule has 0 saturated carbocycles. The fraction of sp³-hybridized carbons (Fsp3) is 0.281. The first-order chi connectivity index (χ1) is 21.3. The first-order valence-electron chi connectivity index (χ1n) is 14.0. The number of fused-ring (bicyclic) bond motifs is 1. The van der Waals surface area contributed by atoms with Crippen molar-refractivity contribution in [3.63, 3.8) is 0 Å². The molecule has 1 aliphatic heterocycles. The van der Waals surface area contributed by atoms with Gasteiger partial charge in [0.1, 0.15) is 17.8 Å². The number of anilines is 3. The number of alkyl halides is 3. The van der Waals surface area contributed by atoms with Crippen LogP contribution in [0.1, 0.15) is 58.1 Å². The molecule has 0 unspecified atom stereocenters. The van der Waals surface area contributed by atoms with E-state index in [9.17, 15) is 38.4 Å². The minimum atomic E-state index is -4.58. The lowest BCUT2D eigenvalue weighted by Crippen LogP contribution is -2.53. The third-order valence-electron chi connectivity index (χ3n) is 7.86. The molecule has 10 nitrogen and oxygen atoms in total. The van der Waals surface area contributed by atoms with Gasteiger partial charge in [-0.15, -0.1) is 0 Å². The van der Waals surface area contributed by atoms with E-state index in [2.05, 4.69) is 5.32 Å². The number of carboxylic acid groups (broad SMARTS) is 1. The molecule has 0 radical (unpaired) electrons. The highest BCUT2D eigenvalue weighted by Gasteiger charge is 2.33. The minimum Gasteiger partial charge on any atom is -0.478 e. The topological polar surface area (TPSA) is 138 Å². The van der Waals surface area contributed by atoms with Gasteiger partial charge >= 0.3 is 12.1 Å². The van der Waals surface area contributed by atoms with Gasteiger partial charge in [-0.05, 0) is 62.7 Å². The molecule has 0 bridgehead atoms. The molecule has 0 aliphatic carbocycles. The number of benzene rings is 2. The van der Waals surface area contributed by atoms with Crippen LogP contribution in [0.25, 0.3) is 5.65 Å². The summed E-state index contributed by atoms with van der Waals surface area (Å²) in [6.07, 6.45) is -2.99. The molecule has 1 aliphatic rings. The molecular formula is C32H28F3N7O3. The van der Waals surface area contributed by atoms with E-state index in [1.807, 2.05) is 37.0 Å². The van der Waals surface area contributed by atoms with Crippen molar-refractivity contribution in [2.24, 2.45) is 0 Å². The molecule has 2 aromatic carbocycles. The summed E-state index contributed by atoms with van der Waals surface area (Å²) in [7, 11) is 0. The van der Waals surface area contributed by atoms with Crippen molar-refractivity contribution < 1.29 is 23.1 Å². The Kier molecular flexibility index (Phi) is 8.13. The van der Waals surface area contributed by atoms with Crippen LogP contribution in [0.2, 0.25) is 0 Å². The van der Waals surface area contributed by atoms with E-state index >= 15 is 0 Å². The Labute approximate surface area is 256 Å². The first-order valence-corrected chi connectivity index (χ1v) is 14.0. The molecule has 5 rings (SSSR count). The van der Waals surface area contributed by atoms with Gasteiger partial charge in [0.2, 0.25) is 0 Å². The SMILES string of the molecule is Cc1cc([C@@H](C)Nc2ccccc2C(=O)O)c2nc(N3CCN(c4ccc(C(F)(F)F)cc4C#N)C[C@@H]3C)c(C#N)c(=O)n2c1. The quantitative estimate of drug-likeness (QED) is 0.294. The van der Waals surface area contributed by atoms with Gasteiger partial charge < -0.3 is 20.2 Å². The third-order valence-corrected chi connectivity index (χ3v) is 7.86. The molecule has 2 aromatic heterocycles. The standard InChI is InChI=1S/C32H28F3N7O3/c1-18-12-24(20(3)38-26-7-5-4-6-23(26)31(44)45)28-39-29(25(15-37)30(43)42(28)16-18)41-11-10-40(17-19(41)2)27-9-8-22(32(33,34)35)13-21(27)14-36/h4-9,12-13,16,19-20,38H,10-11,17H2,1-3H3,(H,44,45)/t19-,20+/m0/s1. The highest BCUT2D eigenvalue weighted by atomic mass is 19.4. The first kappa shape index (κ1) is 30.9. The highest BCUT2D eigenvalue weighted by Crippen LogP contribution is 2.34. The van der Waals surface area contributed by atoms with Crippen molar-refractivity contribution in [1.82, 2.24) is 9.38 Å². The van der Waals surface area contributed by atoms with Crippen molar-refractivity contribution in [2.75, 3.05) is 34.8 Å². The van der Waals surface area contributed by atoms with Crippen LogP contribution in [0.5, 0.6) is 0 Å². The zero-order valence-electron chi connectivity index (χ0n) is 24.6. The second-order valence-corrected chi connectivity index (χ2v) is 10.9. The number of hydrogen-bond donors (Lipinski definition) is 2. The highest BCUT2D eigenvalue weighted by molar-refractivity contribution is 5.94. The van der Waals surface area contributed by atoms with Gasteiger partial charge in [0.15, 0.2) is 11.4 Å². The molecule has 1 saturated heterocycles. The third kappa shape index (κ3) is 5.85. The number of nitrogens with one attached hydrogen (secondary N) is 1. The van der Waals surface area contributed by atoms with Gasteiger partial charge in [0, 0.05) is 43.1 Å². The van der Waals surface area contributed by atoms with Crippen LogP contribution >= 0.6 is 0 Å². The zero-order valence-corrected chi connectivity index (χ0v) is 24.6. The van der Waals surface area contributed by atoms with E-state index in [1.54, 1.807) is 36.2 Å². The Hall–Kier alpha value is -5.56. The van der Waals surface area contributed by atoms with Crippen LogP contribution in [-0.2, 0) is 6.18 Å². The molecule has 13 heteroatoms. The number of para-hydroxylation sites is 1. The Bertz CT molecular complexity index is 1960. The number of rotatable bonds is 6. The molecule has 45 heavy (non-hydrogen) atoms. The van der Waals surface area contributed by atoms with Gasteiger partial charge in [-0.3, -0.25) is 9.20 Å². The molecule has 3 heterocycles. The van der Waals surface area contributed by atoms with Crippen LogP contribution in [0.15, 0.2) is 59.5 Å². The molecule has 0 amide bonds. The van der Waals surface area contributed by atoms with Crippen molar-refractivity contribution >= 4 is 28.8 Å². The molecular weight excluding hydrogens is 587 g/mol. The number of aromatic nitrogens is 2. The molecule has 2 atom stereocenters. The van der Waals surface area contributed by atoms with Gasteiger partial charge in [-0.25, -0.2) is 9.78 Å². The fourth-order valence-corrected chi connectivity index (χ4v) is 5.70. The smallest absolute Gasteiger partial charge is 0.416 e. The zero-order chi connectivity index (χ0) is 32.6. The van der Waals surface area contributed by atoms with Crippen LogP contribution in [-0.4, -0.2) is 46.1 Å². The average Bonchev–Trinajstić information content (AvgIpc) is 3.00. The molecule has 0 spiro atoms. The maximum absolute atomic E-state index is 13.7. The van der Waals surface area contributed by atoms with Crippen LogP contribution < -0.4 is 20.7 Å². The number of piperazine rings is 1. The number of hydrogen-bond acceptors (Lipinski definition) is 8. The summed E-state index contributed by atoms with van der Waals surface area (Å²) < 4.78 is 41.0. The van der Waals surface area contributed by atoms with Gasteiger partial charge in [0.05, 0.1) is 28.4 Å².